The van der Waals surface area contributed by atoms with Gasteiger partial charge < -0.3 is 15.1 Å². The molecule has 2 aromatic rings. The van der Waals surface area contributed by atoms with Crippen molar-refractivity contribution in [2.75, 3.05) is 25.9 Å². The summed E-state index contributed by atoms with van der Waals surface area (Å²) in [5, 5.41) is 6.62. The first-order valence-electron chi connectivity index (χ1n) is 7.88. The van der Waals surface area contributed by atoms with Crippen molar-refractivity contribution < 1.29 is 4.42 Å². The van der Waals surface area contributed by atoms with Crippen LogP contribution in [0.2, 0.25) is 0 Å². The fourth-order valence-electron chi connectivity index (χ4n) is 2.10. The number of aliphatic imine (C=N–C) groups is 1. The Bertz CT molecular complexity index is 579. The lowest BCUT2D eigenvalue weighted by atomic mass is 10.2. The van der Waals surface area contributed by atoms with Gasteiger partial charge in [0, 0.05) is 38.1 Å². The zero-order chi connectivity index (χ0) is 16.3. The SMILES string of the molecule is CN=C(NCCSCc1ccc(C)cc1)NCCc1ccco1. The monoisotopic (exact) mass is 331 g/mol. The quantitative estimate of drug-likeness (QED) is 0.443. The van der Waals surface area contributed by atoms with Crippen molar-refractivity contribution in [1.29, 1.82) is 0 Å². The van der Waals surface area contributed by atoms with Crippen LogP contribution in [0.1, 0.15) is 16.9 Å². The first kappa shape index (κ1) is 17.5. The summed E-state index contributed by atoms with van der Waals surface area (Å²) in [4.78, 5) is 4.23. The molecule has 1 heterocycles. The van der Waals surface area contributed by atoms with Crippen LogP contribution in [0, 0.1) is 6.92 Å². The van der Waals surface area contributed by atoms with Crippen molar-refractivity contribution >= 4 is 17.7 Å². The second-order valence-corrected chi connectivity index (χ2v) is 6.40. The van der Waals surface area contributed by atoms with E-state index in [0.29, 0.717) is 0 Å². The van der Waals surface area contributed by atoms with E-state index < -0.39 is 0 Å². The van der Waals surface area contributed by atoms with Crippen LogP contribution in [0.5, 0.6) is 0 Å². The highest BCUT2D eigenvalue weighted by molar-refractivity contribution is 7.98. The molecule has 0 saturated carbocycles. The Morgan fingerprint density at radius 1 is 1.13 bits per heavy atom. The highest BCUT2D eigenvalue weighted by atomic mass is 32.2. The topological polar surface area (TPSA) is 49.6 Å². The van der Waals surface area contributed by atoms with Crippen LogP contribution >= 0.6 is 11.8 Å². The van der Waals surface area contributed by atoms with Gasteiger partial charge in [-0.3, -0.25) is 4.99 Å². The Kier molecular flexibility index (Phi) is 7.60. The van der Waals surface area contributed by atoms with Crippen LogP contribution < -0.4 is 10.6 Å². The summed E-state index contributed by atoms with van der Waals surface area (Å²) in [5.41, 5.74) is 2.69. The zero-order valence-corrected chi connectivity index (χ0v) is 14.7. The fraction of sp³-hybridized carbons (Fsp3) is 0.389. The number of guanidine groups is 1. The van der Waals surface area contributed by atoms with Crippen LogP contribution in [0.25, 0.3) is 0 Å². The maximum absolute atomic E-state index is 5.31. The molecule has 0 amide bonds. The highest BCUT2D eigenvalue weighted by Gasteiger charge is 1.99. The van der Waals surface area contributed by atoms with E-state index in [-0.39, 0.29) is 0 Å². The number of furan rings is 1. The summed E-state index contributed by atoms with van der Waals surface area (Å²) in [6.07, 6.45) is 2.56. The predicted octanol–water partition coefficient (Wildman–Crippen LogP) is 3.23. The molecule has 0 radical (unpaired) electrons. The molecule has 0 atom stereocenters. The van der Waals surface area contributed by atoms with Gasteiger partial charge in [0.1, 0.15) is 5.76 Å². The molecule has 2 rings (SSSR count). The highest BCUT2D eigenvalue weighted by Crippen LogP contribution is 2.12. The Balaban J connectivity index is 1.55. The van der Waals surface area contributed by atoms with E-state index in [2.05, 4.69) is 46.8 Å². The first-order valence-corrected chi connectivity index (χ1v) is 9.03. The minimum atomic E-state index is 0.809. The van der Waals surface area contributed by atoms with Crippen LogP contribution in [-0.2, 0) is 12.2 Å². The Morgan fingerprint density at radius 3 is 2.61 bits per heavy atom. The van der Waals surface area contributed by atoms with E-state index in [4.69, 9.17) is 4.42 Å². The van der Waals surface area contributed by atoms with Gasteiger partial charge in [-0.05, 0) is 24.6 Å². The molecule has 0 unspecified atom stereocenters. The van der Waals surface area contributed by atoms with Gasteiger partial charge in [-0.2, -0.15) is 11.8 Å². The number of nitrogens with one attached hydrogen (secondary N) is 2. The summed E-state index contributed by atoms with van der Waals surface area (Å²) < 4.78 is 5.31. The Morgan fingerprint density at radius 2 is 1.91 bits per heavy atom. The molecular weight excluding hydrogens is 306 g/mol. The molecule has 2 N–H and O–H groups in total. The maximum atomic E-state index is 5.31. The van der Waals surface area contributed by atoms with Crippen molar-refractivity contribution in [2.24, 2.45) is 4.99 Å². The van der Waals surface area contributed by atoms with Crippen molar-refractivity contribution in [3.05, 3.63) is 59.5 Å². The smallest absolute Gasteiger partial charge is 0.191 e. The molecule has 0 spiro atoms. The van der Waals surface area contributed by atoms with E-state index in [1.54, 1.807) is 13.3 Å². The molecule has 0 saturated heterocycles. The minimum Gasteiger partial charge on any atom is -0.469 e. The van der Waals surface area contributed by atoms with E-state index in [9.17, 15) is 0 Å². The van der Waals surface area contributed by atoms with Crippen molar-refractivity contribution in [2.45, 2.75) is 19.1 Å². The lowest BCUT2D eigenvalue weighted by Gasteiger charge is -2.11. The van der Waals surface area contributed by atoms with Crippen molar-refractivity contribution in [1.82, 2.24) is 10.6 Å². The first-order chi connectivity index (χ1) is 11.3. The summed E-state index contributed by atoms with van der Waals surface area (Å²) in [7, 11) is 1.79. The van der Waals surface area contributed by atoms with Gasteiger partial charge in [0.15, 0.2) is 5.96 Å². The molecule has 0 aliphatic heterocycles. The maximum Gasteiger partial charge on any atom is 0.191 e. The van der Waals surface area contributed by atoms with E-state index in [1.165, 1.54) is 11.1 Å². The number of benzene rings is 1. The average molecular weight is 331 g/mol. The second-order valence-electron chi connectivity index (χ2n) is 5.29. The zero-order valence-electron chi connectivity index (χ0n) is 13.8. The lowest BCUT2D eigenvalue weighted by Crippen LogP contribution is -2.39. The summed E-state index contributed by atoms with van der Waals surface area (Å²) >= 11 is 1.93. The van der Waals surface area contributed by atoms with Crippen molar-refractivity contribution in [3.63, 3.8) is 0 Å². The molecule has 4 nitrogen and oxygen atoms in total. The third kappa shape index (κ3) is 6.82. The minimum absolute atomic E-state index is 0.809. The number of rotatable bonds is 8. The molecule has 0 aliphatic carbocycles. The number of aryl methyl sites for hydroxylation is 1. The predicted molar refractivity (Wildman–Crippen MR) is 99.1 cm³/mol. The second kappa shape index (κ2) is 10.0. The van der Waals surface area contributed by atoms with Gasteiger partial charge in [-0.25, -0.2) is 0 Å². The normalized spacial score (nSPS) is 11.5. The Hall–Kier alpha value is -1.88. The molecular formula is C18H25N3OS. The molecule has 124 valence electrons. The molecule has 0 bridgehead atoms. The standard InChI is InChI=1S/C18H25N3OS/c1-15-5-7-16(8-6-15)14-23-13-11-21-18(19-2)20-10-9-17-4-3-12-22-17/h3-8,12H,9-11,13-14H2,1-2H3,(H2,19,20,21). The summed E-state index contributed by atoms with van der Waals surface area (Å²) in [6, 6.07) is 12.6. The molecule has 0 fully saturated rings. The van der Waals surface area contributed by atoms with Gasteiger partial charge in [0.25, 0.3) is 0 Å². The van der Waals surface area contributed by atoms with Gasteiger partial charge in [0.05, 0.1) is 6.26 Å². The van der Waals surface area contributed by atoms with Gasteiger partial charge >= 0.3 is 0 Å². The number of nitrogens with zero attached hydrogens (tertiary/aromatic N) is 1. The molecule has 0 aliphatic rings. The van der Waals surface area contributed by atoms with Crippen molar-refractivity contribution in [3.8, 4) is 0 Å². The third-order valence-electron chi connectivity index (χ3n) is 3.40. The molecule has 5 heteroatoms. The van der Waals surface area contributed by atoms with Gasteiger partial charge in [-0.1, -0.05) is 29.8 Å². The average Bonchev–Trinajstić information content (AvgIpc) is 3.08. The third-order valence-corrected chi connectivity index (χ3v) is 4.43. The lowest BCUT2D eigenvalue weighted by molar-refractivity contribution is 0.507. The summed E-state index contributed by atoms with van der Waals surface area (Å²) in [6.45, 7) is 3.83. The number of hydrogen-bond acceptors (Lipinski definition) is 3. The molecule has 23 heavy (non-hydrogen) atoms. The van der Waals surface area contributed by atoms with Crippen LogP contribution in [0.4, 0.5) is 0 Å². The van der Waals surface area contributed by atoms with E-state index in [1.807, 2.05) is 23.9 Å². The molecule has 1 aromatic heterocycles. The van der Waals surface area contributed by atoms with Crippen LogP contribution in [0.15, 0.2) is 52.1 Å². The van der Waals surface area contributed by atoms with E-state index in [0.717, 1.165) is 42.7 Å². The number of thioether (sulfide) groups is 1. The van der Waals surface area contributed by atoms with E-state index >= 15 is 0 Å². The van der Waals surface area contributed by atoms with Gasteiger partial charge in [0.2, 0.25) is 0 Å². The van der Waals surface area contributed by atoms with Crippen LogP contribution in [-0.4, -0.2) is 31.8 Å². The summed E-state index contributed by atoms with van der Waals surface area (Å²) in [5.74, 6) is 3.92. The Labute approximate surface area is 142 Å². The van der Waals surface area contributed by atoms with Gasteiger partial charge in [-0.15, -0.1) is 0 Å². The fourth-order valence-corrected chi connectivity index (χ4v) is 2.91. The van der Waals surface area contributed by atoms with Crippen LogP contribution in [0.3, 0.4) is 0 Å². The number of hydrogen-bond donors (Lipinski definition) is 2. The largest absolute Gasteiger partial charge is 0.469 e. The molecule has 1 aromatic carbocycles.